The normalized spacial score (nSPS) is 11.9. The van der Waals surface area contributed by atoms with Crippen molar-refractivity contribution in [3.05, 3.63) is 30.3 Å². The average Bonchev–Trinajstić information content (AvgIpc) is 2.53. The highest BCUT2D eigenvalue weighted by Gasteiger charge is 2.29. The molecule has 0 saturated carbocycles. The van der Waals surface area contributed by atoms with Crippen LogP contribution in [0.5, 0.6) is 0 Å². The summed E-state index contributed by atoms with van der Waals surface area (Å²) < 4.78 is 25.8. The number of likely N-dealkylation sites (N-methyl/N-ethyl adjacent to an activating group) is 1. The van der Waals surface area contributed by atoms with Crippen LogP contribution in [0.15, 0.2) is 35.2 Å². The molecule has 0 bridgehead atoms. The molecule has 0 aromatic heterocycles. The van der Waals surface area contributed by atoms with Gasteiger partial charge >= 0.3 is 0 Å². The zero-order valence-electron chi connectivity index (χ0n) is 13.8. The molecule has 3 N–H and O–H groups in total. The van der Waals surface area contributed by atoms with Gasteiger partial charge in [-0.1, -0.05) is 32.0 Å². The number of hydrogen-bond donors (Lipinski definition) is 2. The predicted octanol–water partition coefficient (Wildman–Crippen LogP) is 1.36. The van der Waals surface area contributed by atoms with E-state index in [0.717, 1.165) is 4.31 Å². The van der Waals surface area contributed by atoms with Crippen LogP contribution < -0.4 is 11.1 Å². The van der Waals surface area contributed by atoms with Crippen LogP contribution in [0.1, 0.15) is 26.7 Å². The zero-order valence-corrected chi connectivity index (χ0v) is 15.4. The fourth-order valence-corrected chi connectivity index (χ4v) is 3.31. The molecule has 0 aliphatic heterocycles. The SMILES string of the molecule is CCC(CC)(CN)NC(=O)CN(C)S(=O)(=O)c1ccccc1.Cl. The molecule has 6 nitrogen and oxygen atoms in total. The Morgan fingerprint density at radius 3 is 2.17 bits per heavy atom. The molecule has 8 heteroatoms. The fourth-order valence-electron chi connectivity index (χ4n) is 2.16. The van der Waals surface area contributed by atoms with Crippen molar-refractivity contribution in [2.24, 2.45) is 5.73 Å². The Hall–Kier alpha value is -1.15. The number of halogens is 1. The molecular formula is C15H26ClN3O3S. The van der Waals surface area contributed by atoms with Gasteiger partial charge in [0.25, 0.3) is 0 Å². The van der Waals surface area contributed by atoms with E-state index in [1.165, 1.54) is 19.2 Å². The quantitative estimate of drug-likeness (QED) is 0.729. The molecule has 1 aromatic carbocycles. The summed E-state index contributed by atoms with van der Waals surface area (Å²) in [5.74, 6) is -0.351. The summed E-state index contributed by atoms with van der Waals surface area (Å²) in [6, 6.07) is 8.05. The van der Waals surface area contributed by atoms with Gasteiger partial charge < -0.3 is 11.1 Å². The van der Waals surface area contributed by atoms with Gasteiger partial charge in [-0.2, -0.15) is 4.31 Å². The number of rotatable bonds is 8. The van der Waals surface area contributed by atoms with Crippen LogP contribution in [0, 0.1) is 0 Å². The molecule has 1 rings (SSSR count). The van der Waals surface area contributed by atoms with Gasteiger partial charge in [-0.15, -0.1) is 12.4 Å². The first-order chi connectivity index (χ1) is 10.3. The number of nitrogens with zero attached hydrogens (tertiary/aromatic N) is 1. The first kappa shape index (κ1) is 21.9. The molecule has 0 fully saturated rings. The Morgan fingerprint density at radius 1 is 1.22 bits per heavy atom. The van der Waals surface area contributed by atoms with Crippen molar-refractivity contribution in [1.29, 1.82) is 0 Å². The van der Waals surface area contributed by atoms with Crippen molar-refractivity contribution in [3.63, 3.8) is 0 Å². The summed E-state index contributed by atoms with van der Waals surface area (Å²) in [5, 5.41) is 2.86. The molecule has 0 aliphatic rings. The molecule has 1 aromatic rings. The van der Waals surface area contributed by atoms with Crippen LogP contribution in [0.3, 0.4) is 0 Å². The average molecular weight is 364 g/mol. The van der Waals surface area contributed by atoms with E-state index in [0.29, 0.717) is 19.4 Å². The molecule has 0 atom stereocenters. The topological polar surface area (TPSA) is 92.5 Å². The number of nitrogens with one attached hydrogen (secondary N) is 1. The van der Waals surface area contributed by atoms with Crippen LogP contribution in [-0.4, -0.2) is 44.3 Å². The van der Waals surface area contributed by atoms with Crippen LogP contribution in [0.4, 0.5) is 0 Å². The Labute approximate surface area is 144 Å². The monoisotopic (exact) mass is 363 g/mol. The predicted molar refractivity (Wildman–Crippen MR) is 94.0 cm³/mol. The maximum absolute atomic E-state index is 12.4. The molecule has 0 saturated heterocycles. The van der Waals surface area contributed by atoms with Gasteiger partial charge in [0.05, 0.1) is 17.0 Å². The minimum atomic E-state index is -3.67. The van der Waals surface area contributed by atoms with E-state index in [-0.39, 0.29) is 29.8 Å². The second-order valence-corrected chi connectivity index (χ2v) is 7.36. The highest BCUT2D eigenvalue weighted by molar-refractivity contribution is 7.89. The number of carbonyl (C=O) groups excluding carboxylic acids is 1. The standard InChI is InChI=1S/C15H25N3O3S.ClH/c1-4-15(5-2,12-16)17-14(19)11-18(3)22(20,21)13-9-7-6-8-10-13;/h6-10H,4-5,11-12,16H2,1-3H3,(H,17,19);1H. The maximum atomic E-state index is 12.4. The molecule has 0 radical (unpaired) electrons. The van der Waals surface area contributed by atoms with Crippen LogP contribution in [-0.2, 0) is 14.8 Å². The smallest absolute Gasteiger partial charge is 0.243 e. The van der Waals surface area contributed by atoms with E-state index in [9.17, 15) is 13.2 Å². The highest BCUT2D eigenvalue weighted by Crippen LogP contribution is 2.15. The minimum absolute atomic E-state index is 0. The van der Waals surface area contributed by atoms with Crippen molar-refractivity contribution >= 4 is 28.3 Å². The largest absolute Gasteiger partial charge is 0.348 e. The lowest BCUT2D eigenvalue weighted by molar-refractivity contribution is -0.123. The first-order valence-corrected chi connectivity index (χ1v) is 8.78. The number of sulfonamides is 1. The third-order valence-corrected chi connectivity index (χ3v) is 5.78. The number of carbonyl (C=O) groups is 1. The van der Waals surface area contributed by atoms with Crippen LogP contribution in [0.25, 0.3) is 0 Å². The van der Waals surface area contributed by atoms with Crippen molar-refractivity contribution in [2.75, 3.05) is 20.1 Å². The lowest BCUT2D eigenvalue weighted by Crippen LogP contribution is -2.55. The second-order valence-electron chi connectivity index (χ2n) is 5.31. The third-order valence-electron chi connectivity index (χ3n) is 3.97. The molecule has 0 aliphatic carbocycles. The fraction of sp³-hybridized carbons (Fsp3) is 0.533. The molecule has 0 spiro atoms. The second kappa shape index (κ2) is 9.22. The number of benzene rings is 1. The number of hydrogen-bond acceptors (Lipinski definition) is 4. The summed E-state index contributed by atoms with van der Waals surface area (Å²) in [5.41, 5.74) is 5.26. The van der Waals surface area contributed by atoms with E-state index in [1.54, 1.807) is 18.2 Å². The van der Waals surface area contributed by atoms with Crippen LogP contribution in [0.2, 0.25) is 0 Å². The Balaban J connectivity index is 0.00000484. The lowest BCUT2D eigenvalue weighted by Gasteiger charge is -2.32. The maximum Gasteiger partial charge on any atom is 0.243 e. The van der Waals surface area contributed by atoms with E-state index < -0.39 is 15.6 Å². The summed E-state index contributed by atoms with van der Waals surface area (Å²) in [7, 11) is -2.28. The van der Waals surface area contributed by atoms with E-state index >= 15 is 0 Å². The van der Waals surface area contributed by atoms with Gasteiger partial charge in [-0.25, -0.2) is 8.42 Å². The van der Waals surface area contributed by atoms with Crippen molar-refractivity contribution in [3.8, 4) is 0 Å². The summed E-state index contributed by atoms with van der Waals surface area (Å²) >= 11 is 0. The summed E-state index contributed by atoms with van der Waals surface area (Å²) in [6.07, 6.45) is 1.39. The molecule has 132 valence electrons. The van der Waals surface area contributed by atoms with Gasteiger partial charge in [-0.05, 0) is 25.0 Å². The van der Waals surface area contributed by atoms with E-state index in [4.69, 9.17) is 5.73 Å². The van der Waals surface area contributed by atoms with Gasteiger partial charge in [0.15, 0.2) is 0 Å². The zero-order chi connectivity index (χ0) is 16.8. The molecular weight excluding hydrogens is 338 g/mol. The molecule has 0 heterocycles. The number of amides is 1. The summed E-state index contributed by atoms with van der Waals surface area (Å²) in [4.78, 5) is 12.3. The third kappa shape index (κ3) is 5.46. The van der Waals surface area contributed by atoms with E-state index in [1.807, 2.05) is 13.8 Å². The van der Waals surface area contributed by atoms with Gasteiger partial charge in [0.1, 0.15) is 0 Å². The molecule has 23 heavy (non-hydrogen) atoms. The first-order valence-electron chi connectivity index (χ1n) is 7.33. The van der Waals surface area contributed by atoms with Crippen molar-refractivity contribution in [2.45, 2.75) is 37.1 Å². The van der Waals surface area contributed by atoms with E-state index in [2.05, 4.69) is 5.32 Å². The van der Waals surface area contributed by atoms with Crippen molar-refractivity contribution < 1.29 is 13.2 Å². The number of nitrogens with two attached hydrogens (primary N) is 1. The molecule has 0 unspecified atom stereocenters. The Bertz CT molecular complexity index is 581. The Morgan fingerprint density at radius 2 is 1.74 bits per heavy atom. The highest BCUT2D eigenvalue weighted by atomic mass is 35.5. The summed E-state index contributed by atoms with van der Waals surface area (Å²) in [6.45, 7) is 3.97. The van der Waals surface area contributed by atoms with Crippen molar-refractivity contribution in [1.82, 2.24) is 9.62 Å². The van der Waals surface area contributed by atoms with Gasteiger partial charge in [0, 0.05) is 13.6 Å². The minimum Gasteiger partial charge on any atom is -0.348 e. The Kier molecular flexibility index (Phi) is 8.76. The lowest BCUT2D eigenvalue weighted by atomic mass is 9.93. The van der Waals surface area contributed by atoms with Crippen LogP contribution >= 0.6 is 12.4 Å². The van der Waals surface area contributed by atoms with Gasteiger partial charge in [0.2, 0.25) is 15.9 Å². The van der Waals surface area contributed by atoms with Gasteiger partial charge in [-0.3, -0.25) is 4.79 Å². The molecule has 1 amide bonds.